The van der Waals surface area contributed by atoms with Gasteiger partial charge < -0.3 is 33.8 Å². The molecule has 19 heteroatoms. The molecule has 0 bridgehead atoms. The Kier molecular flexibility index (Phi) is 73.9. The summed E-state index contributed by atoms with van der Waals surface area (Å²) < 4.78 is 68.6. The number of phosphoric ester groups is 2. The van der Waals surface area contributed by atoms with E-state index in [-0.39, 0.29) is 25.7 Å². The number of aliphatic hydroxyl groups is 1. The first-order valence-corrected chi connectivity index (χ1v) is 45.1. The highest BCUT2D eigenvalue weighted by Crippen LogP contribution is 2.45. The minimum atomic E-state index is -4.97. The van der Waals surface area contributed by atoms with Crippen molar-refractivity contribution >= 4 is 39.5 Å². The number of hydrogen-bond donors (Lipinski definition) is 3. The molecule has 0 aliphatic carbocycles. The Bertz CT molecular complexity index is 2010. The Morgan fingerprint density at radius 2 is 0.475 bits per heavy atom. The summed E-state index contributed by atoms with van der Waals surface area (Å²) in [6.45, 7) is 4.93. The number of rotatable bonds is 81. The van der Waals surface area contributed by atoms with Crippen LogP contribution in [-0.4, -0.2) is 96.7 Å². The summed E-state index contributed by atoms with van der Waals surface area (Å²) in [7, 11) is -9.93. The van der Waals surface area contributed by atoms with Crippen molar-refractivity contribution in [2.24, 2.45) is 0 Å². The van der Waals surface area contributed by atoms with E-state index in [1.165, 1.54) is 231 Å². The third kappa shape index (κ3) is 75.6. The maximum absolute atomic E-state index is 13.1. The topological polar surface area (TPSA) is 237 Å². The van der Waals surface area contributed by atoms with Gasteiger partial charge >= 0.3 is 39.5 Å². The van der Waals surface area contributed by atoms with Crippen LogP contribution in [0, 0.1) is 0 Å². The van der Waals surface area contributed by atoms with Gasteiger partial charge in [-0.15, -0.1) is 0 Å². The van der Waals surface area contributed by atoms with Gasteiger partial charge in [0.05, 0.1) is 26.4 Å². The highest BCUT2D eigenvalue weighted by Gasteiger charge is 2.30. The van der Waals surface area contributed by atoms with E-state index in [4.69, 9.17) is 37.0 Å². The number of carbonyl (C=O) groups excluding carboxylic acids is 4. The van der Waals surface area contributed by atoms with E-state index in [0.717, 1.165) is 109 Å². The molecule has 0 aliphatic rings. The first kappa shape index (κ1) is 98.5. The van der Waals surface area contributed by atoms with Crippen LogP contribution in [0.5, 0.6) is 0 Å². The van der Waals surface area contributed by atoms with Crippen molar-refractivity contribution < 1.29 is 80.2 Å². The van der Waals surface area contributed by atoms with Crippen LogP contribution >= 0.6 is 15.6 Å². The van der Waals surface area contributed by atoms with E-state index in [9.17, 15) is 43.2 Å². The van der Waals surface area contributed by atoms with Crippen molar-refractivity contribution in [3.8, 4) is 0 Å². The number of ether oxygens (including phenoxy) is 4. The van der Waals surface area contributed by atoms with Crippen molar-refractivity contribution in [1.29, 1.82) is 0 Å². The smallest absolute Gasteiger partial charge is 0.462 e. The van der Waals surface area contributed by atoms with Gasteiger partial charge in [-0.05, 0) is 51.4 Å². The van der Waals surface area contributed by atoms with Gasteiger partial charge in [-0.25, -0.2) is 9.13 Å². The Morgan fingerprint density at radius 1 is 0.277 bits per heavy atom. The summed E-state index contributed by atoms with van der Waals surface area (Å²) in [6.07, 6.45) is 71.7. The molecule has 0 radical (unpaired) electrons. The van der Waals surface area contributed by atoms with Gasteiger partial charge in [-0.1, -0.05) is 367 Å². The molecule has 0 aromatic rings. The number of allylic oxidation sites excluding steroid dienone is 4. The number of phosphoric acid groups is 2. The molecule has 101 heavy (non-hydrogen) atoms. The zero-order valence-electron chi connectivity index (χ0n) is 65.4. The van der Waals surface area contributed by atoms with Gasteiger partial charge in [0.2, 0.25) is 0 Å². The standard InChI is InChI=1S/C82H156O17P2/c1-5-9-13-17-21-25-28-31-34-36-38-39-41-44-47-50-53-57-61-65-69-82(87)99-78(73-93-80(85)67-63-59-55-51-48-45-43-40-37-35-32-29-26-22-18-14-10-6-2)75-97-101(90,91)95-71-76(83)70-94-100(88,89)96-74-77(72-92-79(84)66-62-58-54-24-20-16-12-8-4)98-81(86)68-64-60-56-52-49-46-42-33-30-27-23-19-15-11-7-3/h27,30,33,42,76-78,83H,5-26,28-29,31-32,34-41,43-75H2,1-4H3,(H,88,89)(H,90,91)/b30-27-,42-33-/t76-,77+,78+/m0/s1. The molecule has 0 aliphatic heterocycles. The lowest BCUT2D eigenvalue weighted by molar-refractivity contribution is -0.161. The fourth-order valence-corrected chi connectivity index (χ4v) is 13.9. The molecule has 0 aromatic carbocycles. The molecule has 596 valence electrons. The van der Waals surface area contributed by atoms with Gasteiger partial charge in [0.15, 0.2) is 12.2 Å². The third-order valence-corrected chi connectivity index (χ3v) is 20.6. The first-order valence-electron chi connectivity index (χ1n) is 42.1. The Hall–Kier alpha value is -2.46. The normalized spacial score (nSPS) is 13.9. The Balaban J connectivity index is 5.22. The minimum Gasteiger partial charge on any atom is -0.462 e. The molecular weight excluding hydrogens is 1320 g/mol. The molecule has 2 unspecified atom stereocenters. The molecule has 0 rings (SSSR count). The summed E-state index contributed by atoms with van der Waals surface area (Å²) in [5, 5.41) is 10.6. The van der Waals surface area contributed by atoms with Crippen molar-refractivity contribution in [1.82, 2.24) is 0 Å². The van der Waals surface area contributed by atoms with Crippen LogP contribution in [0.1, 0.15) is 419 Å². The highest BCUT2D eigenvalue weighted by molar-refractivity contribution is 7.47. The van der Waals surface area contributed by atoms with Crippen molar-refractivity contribution in [3.63, 3.8) is 0 Å². The van der Waals surface area contributed by atoms with Crippen LogP contribution in [-0.2, 0) is 65.4 Å². The quantitative estimate of drug-likeness (QED) is 0.0169. The lowest BCUT2D eigenvalue weighted by atomic mass is 10.0. The van der Waals surface area contributed by atoms with Crippen LogP contribution in [0.3, 0.4) is 0 Å². The molecule has 17 nitrogen and oxygen atoms in total. The predicted octanol–water partition coefficient (Wildman–Crippen LogP) is 24.5. The summed E-state index contributed by atoms with van der Waals surface area (Å²) in [6, 6.07) is 0. The van der Waals surface area contributed by atoms with E-state index < -0.39 is 97.5 Å². The average Bonchev–Trinajstić information content (AvgIpc) is 1.42. The second kappa shape index (κ2) is 75.8. The SMILES string of the molecule is CCCCCC/C=C\C=C/CCCCCCCC(=O)O[C@H](COC(=O)CCCCCCCCCC)COP(=O)(O)OC[C@H](O)COP(=O)(O)OC[C@@H](COC(=O)CCCCCCCCCCCCCCCCCCCC)OC(=O)CCCCCCCCCCCCCCCCCCCCCC. The largest absolute Gasteiger partial charge is 0.472 e. The number of hydrogen-bond acceptors (Lipinski definition) is 15. The van der Waals surface area contributed by atoms with Crippen LogP contribution in [0.2, 0.25) is 0 Å². The van der Waals surface area contributed by atoms with Gasteiger partial charge in [0.25, 0.3) is 0 Å². The molecule has 0 saturated heterocycles. The van der Waals surface area contributed by atoms with E-state index >= 15 is 0 Å². The van der Waals surface area contributed by atoms with Crippen LogP contribution < -0.4 is 0 Å². The van der Waals surface area contributed by atoms with Gasteiger partial charge in [-0.2, -0.15) is 0 Å². The molecule has 0 heterocycles. The first-order chi connectivity index (χ1) is 49.2. The summed E-state index contributed by atoms with van der Waals surface area (Å²) in [5.74, 6) is -2.14. The molecule has 0 fully saturated rings. The maximum Gasteiger partial charge on any atom is 0.472 e. The molecule has 3 N–H and O–H groups in total. The monoisotopic (exact) mass is 1480 g/mol. The highest BCUT2D eigenvalue weighted by atomic mass is 31.2. The lowest BCUT2D eigenvalue weighted by Gasteiger charge is -2.21. The number of carbonyl (C=O) groups is 4. The summed E-state index contributed by atoms with van der Waals surface area (Å²) in [5.41, 5.74) is 0. The molecule has 0 spiro atoms. The second-order valence-electron chi connectivity index (χ2n) is 28.8. The molecule has 5 atom stereocenters. The third-order valence-electron chi connectivity index (χ3n) is 18.7. The lowest BCUT2D eigenvalue weighted by Crippen LogP contribution is -2.30. The fourth-order valence-electron chi connectivity index (χ4n) is 12.3. The Labute approximate surface area is 618 Å². The summed E-state index contributed by atoms with van der Waals surface area (Å²) in [4.78, 5) is 72.9. The molecule has 0 aromatic heterocycles. The molecule has 0 amide bonds. The van der Waals surface area contributed by atoms with Gasteiger partial charge in [-0.3, -0.25) is 37.3 Å². The zero-order valence-corrected chi connectivity index (χ0v) is 67.2. The fraction of sp³-hybridized carbons (Fsp3) is 0.902. The predicted molar refractivity (Wildman–Crippen MR) is 414 cm³/mol. The summed E-state index contributed by atoms with van der Waals surface area (Å²) >= 11 is 0. The number of aliphatic hydroxyl groups excluding tert-OH is 1. The maximum atomic E-state index is 13.1. The van der Waals surface area contributed by atoms with E-state index in [2.05, 4.69) is 52.0 Å². The van der Waals surface area contributed by atoms with Crippen molar-refractivity contribution in [2.45, 2.75) is 438 Å². The Morgan fingerprint density at radius 3 is 0.723 bits per heavy atom. The van der Waals surface area contributed by atoms with Gasteiger partial charge in [0, 0.05) is 25.7 Å². The van der Waals surface area contributed by atoms with Crippen LogP contribution in [0.15, 0.2) is 24.3 Å². The van der Waals surface area contributed by atoms with E-state index in [0.29, 0.717) is 25.7 Å². The molecule has 0 saturated carbocycles. The van der Waals surface area contributed by atoms with E-state index in [1.807, 2.05) is 0 Å². The second-order valence-corrected chi connectivity index (χ2v) is 31.7. The number of esters is 4. The zero-order chi connectivity index (χ0) is 73.9. The minimum absolute atomic E-state index is 0.0855. The average molecular weight is 1480 g/mol. The van der Waals surface area contributed by atoms with Crippen molar-refractivity contribution in [3.05, 3.63) is 24.3 Å². The van der Waals surface area contributed by atoms with Gasteiger partial charge in [0.1, 0.15) is 19.3 Å². The van der Waals surface area contributed by atoms with Crippen LogP contribution in [0.4, 0.5) is 0 Å². The number of unbranched alkanes of at least 4 members (excludes halogenated alkanes) is 52. The van der Waals surface area contributed by atoms with E-state index in [1.54, 1.807) is 0 Å². The molecular formula is C82H156O17P2. The van der Waals surface area contributed by atoms with Crippen LogP contribution in [0.25, 0.3) is 0 Å². The van der Waals surface area contributed by atoms with Crippen molar-refractivity contribution in [2.75, 3.05) is 39.6 Å².